The maximum Gasteiger partial charge on any atom is 0.294 e. The van der Waals surface area contributed by atoms with Crippen LogP contribution in [-0.2, 0) is 9.59 Å². The highest BCUT2D eigenvalue weighted by molar-refractivity contribution is 8.18. The molecule has 0 unspecified atom stereocenters. The number of imide groups is 1. The van der Waals surface area contributed by atoms with Crippen molar-refractivity contribution in [3.63, 3.8) is 0 Å². The molecule has 170 valence electrons. The molecular formula is C25H19N3O4S2. The highest BCUT2D eigenvalue weighted by Gasteiger charge is 2.36. The average molecular weight is 490 g/mol. The number of para-hydroxylation sites is 1. The van der Waals surface area contributed by atoms with Gasteiger partial charge in [0.05, 0.1) is 9.93 Å². The molecule has 2 aromatic carbocycles. The maximum absolute atomic E-state index is 12.7. The van der Waals surface area contributed by atoms with Crippen molar-refractivity contribution in [3.8, 4) is 0 Å². The molecule has 1 aliphatic heterocycles. The van der Waals surface area contributed by atoms with E-state index in [4.69, 9.17) is 4.42 Å². The number of aromatic nitrogens is 1. The van der Waals surface area contributed by atoms with Crippen LogP contribution in [0.5, 0.6) is 0 Å². The lowest BCUT2D eigenvalue weighted by molar-refractivity contribution is -0.127. The Hall–Kier alpha value is -3.69. The van der Waals surface area contributed by atoms with E-state index in [1.165, 1.54) is 17.8 Å². The van der Waals surface area contributed by atoms with E-state index in [9.17, 15) is 14.4 Å². The van der Waals surface area contributed by atoms with Crippen molar-refractivity contribution in [2.75, 3.05) is 11.9 Å². The second-order valence-corrected chi connectivity index (χ2v) is 9.70. The Morgan fingerprint density at radius 1 is 1.12 bits per heavy atom. The summed E-state index contributed by atoms with van der Waals surface area (Å²) >= 11 is 2.22. The van der Waals surface area contributed by atoms with E-state index >= 15 is 0 Å². The highest BCUT2D eigenvalue weighted by Crippen LogP contribution is 2.35. The first-order valence-electron chi connectivity index (χ1n) is 10.4. The third-order valence-corrected chi connectivity index (χ3v) is 6.87. The van der Waals surface area contributed by atoms with Gasteiger partial charge >= 0.3 is 0 Å². The number of carbonyl (C=O) groups excluding carboxylic acids is 3. The monoisotopic (exact) mass is 489 g/mol. The van der Waals surface area contributed by atoms with Gasteiger partial charge in [0.15, 0.2) is 5.09 Å². The van der Waals surface area contributed by atoms with Crippen molar-refractivity contribution in [1.82, 2.24) is 9.88 Å². The van der Waals surface area contributed by atoms with E-state index < -0.39 is 17.1 Å². The zero-order valence-electron chi connectivity index (χ0n) is 18.0. The minimum atomic E-state index is -0.518. The number of aryl methyl sites for hydroxylation is 1. The molecule has 0 saturated carbocycles. The molecule has 0 atom stereocenters. The number of thioether (sulfide) groups is 1. The van der Waals surface area contributed by atoms with Gasteiger partial charge in [0, 0.05) is 22.7 Å². The molecule has 0 spiro atoms. The SMILES string of the molecule is Cc1ccc(NC(=O)CN2C(=O)S/C(=C/c3ccc(Sc4cc5ccccc5[nH]4)o3)C2=O)cc1. The molecule has 0 radical (unpaired) electrons. The van der Waals surface area contributed by atoms with Gasteiger partial charge in [0.25, 0.3) is 11.1 Å². The number of anilines is 1. The molecule has 9 heteroatoms. The second kappa shape index (κ2) is 9.28. The summed E-state index contributed by atoms with van der Waals surface area (Å²) in [6.45, 7) is 1.59. The number of hydrogen-bond donors (Lipinski definition) is 2. The van der Waals surface area contributed by atoms with E-state index in [-0.39, 0.29) is 11.4 Å². The largest absolute Gasteiger partial charge is 0.450 e. The van der Waals surface area contributed by atoms with Gasteiger partial charge in [0.2, 0.25) is 5.91 Å². The Balaban J connectivity index is 1.24. The number of aromatic amines is 1. The fraction of sp³-hybridized carbons (Fsp3) is 0.0800. The van der Waals surface area contributed by atoms with Crippen molar-refractivity contribution in [1.29, 1.82) is 0 Å². The Morgan fingerprint density at radius 2 is 1.91 bits per heavy atom. The Bertz CT molecular complexity index is 1400. The summed E-state index contributed by atoms with van der Waals surface area (Å²) in [5.74, 6) is -0.508. The summed E-state index contributed by atoms with van der Waals surface area (Å²) in [6, 6.07) is 20.8. The number of furan rings is 1. The molecule has 3 amide bonds. The molecule has 2 N–H and O–H groups in total. The average Bonchev–Trinajstić information content (AvgIpc) is 3.50. The van der Waals surface area contributed by atoms with Crippen molar-refractivity contribution in [2.45, 2.75) is 17.0 Å². The predicted molar refractivity (Wildman–Crippen MR) is 134 cm³/mol. The number of nitrogens with one attached hydrogen (secondary N) is 2. The summed E-state index contributed by atoms with van der Waals surface area (Å²) in [6.07, 6.45) is 1.53. The summed E-state index contributed by atoms with van der Waals surface area (Å²) in [5.41, 5.74) is 2.71. The van der Waals surface area contributed by atoms with E-state index in [2.05, 4.69) is 10.3 Å². The van der Waals surface area contributed by atoms with E-state index in [1.807, 2.05) is 49.4 Å². The van der Waals surface area contributed by atoms with Crippen LogP contribution in [0.15, 0.2) is 86.2 Å². The van der Waals surface area contributed by atoms with Gasteiger partial charge in [-0.3, -0.25) is 19.3 Å². The lowest BCUT2D eigenvalue weighted by Crippen LogP contribution is -2.36. The third-order valence-electron chi connectivity index (χ3n) is 5.10. The molecule has 4 aromatic rings. The standard InChI is InChI=1S/C25H19N3O4S2/c1-15-6-8-17(9-7-15)26-21(29)14-28-24(30)20(33-25(28)31)13-18-10-11-23(32-18)34-22-12-16-4-2-3-5-19(16)27-22/h2-13,27H,14H2,1H3,(H,26,29)/b20-13+. The summed E-state index contributed by atoms with van der Waals surface area (Å²) in [7, 11) is 0. The first kappa shape index (κ1) is 22.1. The van der Waals surface area contributed by atoms with Crippen LogP contribution in [0.2, 0.25) is 0 Å². The molecule has 7 nitrogen and oxygen atoms in total. The highest BCUT2D eigenvalue weighted by atomic mass is 32.2. The van der Waals surface area contributed by atoms with Crippen molar-refractivity contribution < 1.29 is 18.8 Å². The van der Waals surface area contributed by atoms with E-state index in [0.29, 0.717) is 16.5 Å². The number of H-pyrrole nitrogens is 1. The van der Waals surface area contributed by atoms with Crippen molar-refractivity contribution >= 4 is 63.2 Å². The fourth-order valence-electron chi connectivity index (χ4n) is 3.42. The lowest BCUT2D eigenvalue weighted by atomic mass is 10.2. The fourth-order valence-corrected chi connectivity index (χ4v) is 5.08. The number of nitrogens with zero attached hydrogens (tertiary/aromatic N) is 1. The quantitative estimate of drug-likeness (QED) is 0.328. The first-order chi connectivity index (χ1) is 16.4. The van der Waals surface area contributed by atoms with Gasteiger partial charge in [0.1, 0.15) is 12.3 Å². The molecule has 5 rings (SSSR count). The lowest BCUT2D eigenvalue weighted by Gasteiger charge is -2.12. The van der Waals surface area contributed by atoms with Gasteiger partial charge < -0.3 is 14.7 Å². The normalized spacial score (nSPS) is 15.0. The van der Waals surface area contributed by atoms with Gasteiger partial charge in [-0.05, 0) is 66.8 Å². The van der Waals surface area contributed by atoms with Crippen LogP contribution < -0.4 is 5.32 Å². The predicted octanol–water partition coefficient (Wildman–Crippen LogP) is 5.90. The van der Waals surface area contributed by atoms with Crippen molar-refractivity contribution in [3.05, 3.63) is 83.0 Å². The number of fused-ring (bicyclic) bond motifs is 1. The number of hydrogen-bond acceptors (Lipinski definition) is 6. The molecule has 34 heavy (non-hydrogen) atoms. The minimum Gasteiger partial charge on any atom is -0.450 e. The summed E-state index contributed by atoms with van der Waals surface area (Å²) < 4.78 is 5.83. The third kappa shape index (κ3) is 4.80. The van der Waals surface area contributed by atoms with Gasteiger partial charge in [-0.15, -0.1) is 0 Å². The van der Waals surface area contributed by atoms with Gasteiger partial charge in [-0.1, -0.05) is 35.9 Å². The second-order valence-electron chi connectivity index (χ2n) is 7.66. The zero-order chi connectivity index (χ0) is 23.7. The number of rotatable bonds is 6. The van der Waals surface area contributed by atoms with Crippen molar-refractivity contribution in [2.24, 2.45) is 0 Å². The van der Waals surface area contributed by atoms with Crippen LogP contribution in [0.3, 0.4) is 0 Å². The summed E-state index contributed by atoms with van der Waals surface area (Å²) in [5, 5.41) is 4.90. The molecule has 0 aliphatic carbocycles. The Kier molecular flexibility index (Phi) is 6.04. The molecule has 2 aromatic heterocycles. The molecule has 1 fully saturated rings. The van der Waals surface area contributed by atoms with E-state index in [1.54, 1.807) is 24.3 Å². The van der Waals surface area contributed by atoms with Gasteiger partial charge in [-0.25, -0.2) is 0 Å². The van der Waals surface area contributed by atoms with Crippen LogP contribution in [0.25, 0.3) is 17.0 Å². The topological polar surface area (TPSA) is 95.4 Å². The Labute approximate surface area is 203 Å². The first-order valence-corrected chi connectivity index (χ1v) is 12.1. The number of amides is 3. The molecule has 1 aliphatic rings. The maximum atomic E-state index is 12.7. The van der Waals surface area contributed by atoms with Crippen LogP contribution in [0, 0.1) is 6.92 Å². The molecule has 3 heterocycles. The zero-order valence-corrected chi connectivity index (χ0v) is 19.7. The summed E-state index contributed by atoms with van der Waals surface area (Å²) in [4.78, 5) is 41.9. The molecule has 1 saturated heterocycles. The van der Waals surface area contributed by atoms with Crippen LogP contribution in [-0.4, -0.2) is 33.5 Å². The van der Waals surface area contributed by atoms with E-state index in [0.717, 1.165) is 38.2 Å². The van der Waals surface area contributed by atoms with Crippen LogP contribution in [0.1, 0.15) is 11.3 Å². The minimum absolute atomic E-state index is 0.213. The molecular weight excluding hydrogens is 470 g/mol. The smallest absolute Gasteiger partial charge is 0.294 e. The van der Waals surface area contributed by atoms with Gasteiger partial charge in [-0.2, -0.15) is 0 Å². The number of carbonyl (C=O) groups is 3. The molecule has 0 bridgehead atoms. The van der Waals surface area contributed by atoms with Crippen LogP contribution >= 0.6 is 23.5 Å². The number of benzene rings is 2. The van der Waals surface area contributed by atoms with Crippen LogP contribution in [0.4, 0.5) is 10.5 Å². The Morgan fingerprint density at radius 3 is 2.71 bits per heavy atom.